The number of benzene rings is 2. The number of non-ortho nitro benzene ring substituents is 1. The summed E-state index contributed by atoms with van der Waals surface area (Å²) in [6, 6.07) is 10.4. The maximum atomic E-state index is 12.1. The molecule has 0 aliphatic carbocycles. The molecule has 0 unspecified atom stereocenters. The Hall–Kier alpha value is -2.60. The van der Waals surface area contributed by atoms with Crippen LogP contribution in [0, 0.1) is 10.1 Å². The summed E-state index contributed by atoms with van der Waals surface area (Å²) in [5, 5.41) is 13.3. The molecule has 0 aromatic heterocycles. The van der Waals surface area contributed by atoms with E-state index in [4.69, 9.17) is 16.3 Å². The topological polar surface area (TPSA) is 81.5 Å². The molecule has 6 nitrogen and oxygen atoms in total. The van der Waals surface area contributed by atoms with E-state index in [0.29, 0.717) is 17.0 Å². The standard InChI is InChI=1S/C14H11ClN2O4/c1-21-11-4-2-3-9(7-11)14(18)16-13-6-5-10(17(19)20)8-12(13)15/h2-8H,1H3,(H,16,18). The number of nitro groups is 1. The maximum absolute atomic E-state index is 12.1. The predicted octanol–water partition coefficient (Wildman–Crippen LogP) is 3.51. The molecule has 0 atom stereocenters. The van der Waals surface area contributed by atoms with Crippen LogP contribution in [0.4, 0.5) is 11.4 Å². The number of rotatable bonds is 4. The molecule has 7 heteroatoms. The number of amides is 1. The van der Waals surface area contributed by atoms with Crippen molar-refractivity contribution in [3.63, 3.8) is 0 Å². The number of nitrogens with zero attached hydrogens (tertiary/aromatic N) is 1. The number of methoxy groups -OCH3 is 1. The smallest absolute Gasteiger partial charge is 0.271 e. The second-order valence-electron chi connectivity index (χ2n) is 4.11. The lowest BCUT2D eigenvalue weighted by Gasteiger charge is -2.08. The summed E-state index contributed by atoms with van der Waals surface area (Å²) in [6.07, 6.45) is 0. The Morgan fingerprint density at radius 1 is 1.29 bits per heavy atom. The van der Waals surface area contributed by atoms with E-state index in [1.54, 1.807) is 24.3 Å². The quantitative estimate of drug-likeness (QED) is 0.692. The highest BCUT2D eigenvalue weighted by atomic mass is 35.5. The summed E-state index contributed by atoms with van der Waals surface area (Å²) in [7, 11) is 1.50. The van der Waals surface area contributed by atoms with E-state index < -0.39 is 4.92 Å². The number of carbonyl (C=O) groups excluding carboxylic acids is 1. The van der Waals surface area contributed by atoms with Crippen LogP contribution in [0.2, 0.25) is 5.02 Å². The fraction of sp³-hybridized carbons (Fsp3) is 0.0714. The Kier molecular flexibility index (Phi) is 4.39. The predicted molar refractivity (Wildman–Crippen MR) is 79.1 cm³/mol. The van der Waals surface area contributed by atoms with E-state index in [1.165, 1.54) is 25.3 Å². The van der Waals surface area contributed by atoms with Crippen molar-refractivity contribution in [2.75, 3.05) is 12.4 Å². The summed E-state index contributed by atoms with van der Waals surface area (Å²) in [5.74, 6) is 0.169. The average Bonchev–Trinajstić information content (AvgIpc) is 2.49. The minimum absolute atomic E-state index is 0.0976. The maximum Gasteiger partial charge on any atom is 0.271 e. The summed E-state index contributed by atoms with van der Waals surface area (Å²) < 4.78 is 5.04. The van der Waals surface area contributed by atoms with Crippen molar-refractivity contribution in [1.82, 2.24) is 0 Å². The van der Waals surface area contributed by atoms with Gasteiger partial charge in [-0.15, -0.1) is 0 Å². The van der Waals surface area contributed by atoms with Gasteiger partial charge in [-0.05, 0) is 24.3 Å². The number of nitro benzene ring substituents is 1. The monoisotopic (exact) mass is 306 g/mol. The highest BCUT2D eigenvalue weighted by Crippen LogP contribution is 2.27. The second-order valence-corrected chi connectivity index (χ2v) is 4.51. The lowest BCUT2D eigenvalue weighted by Crippen LogP contribution is -2.12. The first-order valence-corrected chi connectivity index (χ1v) is 6.28. The van der Waals surface area contributed by atoms with Crippen molar-refractivity contribution < 1.29 is 14.5 Å². The Labute approximate surface area is 125 Å². The largest absolute Gasteiger partial charge is 0.497 e. The number of halogens is 1. The number of anilines is 1. The van der Waals surface area contributed by atoms with Crippen LogP contribution in [0.15, 0.2) is 42.5 Å². The van der Waals surface area contributed by atoms with Gasteiger partial charge < -0.3 is 10.1 Å². The highest BCUT2D eigenvalue weighted by Gasteiger charge is 2.13. The van der Waals surface area contributed by atoms with Gasteiger partial charge in [-0.2, -0.15) is 0 Å². The number of ether oxygens (including phenoxy) is 1. The molecule has 0 radical (unpaired) electrons. The van der Waals surface area contributed by atoms with E-state index >= 15 is 0 Å². The molecule has 0 aliphatic rings. The van der Waals surface area contributed by atoms with E-state index in [2.05, 4.69) is 5.32 Å². The third kappa shape index (κ3) is 3.49. The van der Waals surface area contributed by atoms with Crippen LogP contribution in [0.5, 0.6) is 5.75 Å². The molecule has 1 amide bonds. The summed E-state index contributed by atoms with van der Waals surface area (Å²) in [6.45, 7) is 0. The van der Waals surface area contributed by atoms with Gasteiger partial charge in [-0.1, -0.05) is 17.7 Å². The third-order valence-electron chi connectivity index (χ3n) is 2.74. The number of carbonyl (C=O) groups is 1. The molecule has 0 bridgehead atoms. The number of nitrogens with one attached hydrogen (secondary N) is 1. The Morgan fingerprint density at radius 3 is 2.67 bits per heavy atom. The van der Waals surface area contributed by atoms with E-state index in [9.17, 15) is 14.9 Å². The molecule has 0 spiro atoms. The molecule has 0 saturated heterocycles. The normalized spacial score (nSPS) is 10.0. The SMILES string of the molecule is COc1cccc(C(=O)Nc2ccc([N+](=O)[O-])cc2Cl)c1. The van der Waals surface area contributed by atoms with Crippen LogP contribution in [0.1, 0.15) is 10.4 Å². The minimum Gasteiger partial charge on any atom is -0.497 e. The molecule has 2 aromatic rings. The highest BCUT2D eigenvalue weighted by molar-refractivity contribution is 6.34. The molecule has 21 heavy (non-hydrogen) atoms. The number of hydrogen-bond acceptors (Lipinski definition) is 4. The van der Waals surface area contributed by atoms with Crippen molar-refractivity contribution >= 4 is 28.9 Å². The Morgan fingerprint density at radius 2 is 2.05 bits per heavy atom. The molecule has 0 heterocycles. The zero-order valence-electron chi connectivity index (χ0n) is 11.0. The van der Waals surface area contributed by atoms with Gasteiger partial charge in [-0.3, -0.25) is 14.9 Å². The van der Waals surface area contributed by atoms with Gasteiger partial charge in [0.15, 0.2) is 0 Å². The number of hydrogen-bond donors (Lipinski definition) is 1. The van der Waals surface area contributed by atoms with Crippen LogP contribution < -0.4 is 10.1 Å². The van der Waals surface area contributed by atoms with Crippen LogP contribution in [-0.4, -0.2) is 17.9 Å². The van der Waals surface area contributed by atoms with Gasteiger partial charge in [0.25, 0.3) is 11.6 Å². The fourth-order valence-corrected chi connectivity index (χ4v) is 1.90. The van der Waals surface area contributed by atoms with Gasteiger partial charge in [0.1, 0.15) is 5.75 Å². The van der Waals surface area contributed by atoms with Crippen molar-refractivity contribution in [3.8, 4) is 5.75 Å². The molecule has 0 aliphatic heterocycles. The van der Waals surface area contributed by atoms with Crippen LogP contribution >= 0.6 is 11.6 Å². The van der Waals surface area contributed by atoms with E-state index in [1.807, 2.05) is 0 Å². The van der Waals surface area contributed by atoms with Gasteiger partial charge in [0.2, 0.25) is 0 Å². The molecular weight excluding hydrogens is 296 g/mol. The molecule has 0 fully saturated rings. The lowest BCUT2D eigenvalue weighted by atomic mass is 10.2. The summed E-state index contributed by atoms with van der Waals surface area (Å²) in [4.78, 5) is 22.2. The molecular formula is C14H11ClN2O4. The van der Waals surface area contributed by atoms with Crippen molar-refractivity contribution in [1.29, 1.82) is 0 Å². The second kappa shape index (κ2) is 6.23. The Balaban J connectivity index is 2.21. The molecule has 1 N–H and O–H groups in total. The lowest BCUT2D eigenvalue weighted by molar-refractivity contribution is -0.384. The molecule has 0 saturated carbocycles. The van der Waals surface area contributed by atoms with E-state index in [0.717, 1.165) is 0 Å². The Bertz CT molecular complexity index is 703. The average molecular weight is 307 g/mol. The summed E-state index contributed by atoms with van der Waals surface area (Å²) in [5.41, 5.74) is 0.554. The molecule has 2 aromatic carbocycles. The molecule has 108 valence electrons. The van der Waals surface area contributed by atoms with E-state index in [-0.39, 0.29) is 16.6 Å². The van der Waals surface area contributed by atoms with Gasteiger partial charge in [0, 0.05) is 17.7 Å². The van der Waals surface area contributed by atoms with Crippen molar-refractivity contribution in [2.24, 2.45) is 0 Å². The first kappa shape index (κ1) is 14.8. The van der Waals surface area contributed by atoms with Gasteiger partial charge in [0.05, 0.1) is 22.7 Å². The minimum atomic E-state index is -0.556. The van der Waals surface area contributed by atoms with Crippen LogP contribution in [0.3, 0.4) is 0 Å². The molecule has 2 rings (SSSR count). The fourth-order valence-electron chi connectivity index (χ4n) is 1.68. The zero-order valence-corrected chi connectivity index (χ0v) is 11.8. The van der Waals surface area contributed by atoms with Crippen molar-refractivity contribution in [3.05, 3.63) is 63.2 Å². The summed E-state index contributed by atoms with van der Waals surface area (Å²) >= 11 is 5.92. The van der Waals surface area contributed by atoms with Crippen LogP contribution in [-0.2, 0) is 0 Å². The third-order valence-corrected chi connectivity index (χ3v) is 3.06. The van der Waals surface area contributed by atoms with Crippen molar-refractivity contribution in [2.45, 2.75) is 0 Å². The first-order valence-electron chi connectivity index (χ1n) is 5.90. The first-order chi connectivity index (χ1) is 10.0. The van der Waals surface area contributed by atoms with Gasteiger partial charge >= 0.3 is 0 Å². The van der Waals surface area contributed by atoms with Crippen LogP contribution in [0.25, 0.3) is 0 Å². The van der Waals surface area contributed by atoms with Gasteiger partial charge in [-0.25, -0.2) is 0 Å². The zero-order chi connectivity index (χ0) is 15.4.